The molecule has 0 amide bonds. The van der Waals surface area contributed by atoms with Crippen LogP contribution >= 0.6 is 0 Å². The predicted molar refractivity (Wildman–Crippen MR) is 50.7 cm³/mol. The highest BCUT2D eigenvalue weighted by Crippen LogP contribution is 2.24. The molecule has 1 fully saturated rings. The van der Waals surface area contributed by atoms with E-state index in [1.165, 1.54) is 19.3 Å². The summed E-state index contributed by atoms with van der Waals surface area (Å²) in [7, 11) is 2.27. The van der Waals surface area contributed by atoms with Crippen molar-refractivity contribution in [1.29, 1.82) is 0 Å². The molecule has 64 valence electrons. The lowest BCUT2D eigenvalue weighted by atomic mass is 9.81. The topological polar surface area (TPSA) is 9.23 Å². The maximum atomic E-state index is 5.70. The van der Waals surface area contributed by atoms with Gasteiger partial charge in [-0.15, -0.1) is 0 Å². The highest BCUT2D eigenvalue weighted by molar-refractivity contribution is 6.11. The Kier molecular flexibility index (Phi) is 3.44. The highest BCUT2D eigenvalue weighted by Gasteiger charge is 2.18. The summed E-state index contributed by atoms with van der Waals surface area (Å²) in [4.78, 5) is 0. The Bertz CT molecular complexity index is 106. The van der Waals surface area contributed by atoms with Gasteiger partial charge in [0.05, 0.1) is 6.10 Å². The fourth-order valence-electron chi connectivity index (χ4n) is 1.65. The molecule has 0 N–H and O–H groups in total. The minimum absolute atomic E-state index is 0.561. The van der Waals surface area contributed by atoms with Gasteiger partial charge in [-0.2, -0.15) is 0 Å². The third kappa shape index (κ3) is 3.28. The van der Waals surface area contributed by atoms with Crippen molar-refractivity contribution < 1.29 is 4.74 Å². The Morgan fingerprint density at radius 1 is 1.45 bits per heavy atom. The van der Waals surface area contributed by atoms with Crippen LogP contribution in [0.15, 0.2) is 0 Å². The van der Waals surface area contributed by atoms with E-state index in [0.717, 1.165) is 18.3 Å². The van der Waals surface area contributed by atoms with Crippen molar-refractivity contribution in [2.24, 2.45) is 5.92 Å². The molecule has 2 atom stereocenters. The van der Waals surface area contributed by atoms with Gasteiger partial charge in [-0.1, -0.05) is 20.3 Å². The molecular formula is C9H19BO. The van der Waals surface area contributed by atoms with Crippen molar-refractivity contribution in [3.8, 4) is 0 Å². The van der Waals surface area contributed by atoms with Gasteiger partial charge in [-0.3, -0.25) is 0 Å². The molecule has 1 heterocycles. The fourth-order valence-corrected chi connectivity index (χ4v) is 1.65. The molecule has 0 bridgehead atoms. The van der Waals surface area contributed by atoms with E-state index < -0.39 is 0 Å². The van der Waals surface area contributed by atoms with Gasteiger partial charge in [-0.25, -0.2) is 0 Å². The van der Waals surface area contributed by atoms with E-state index in [1.807, 2.05) is 0 Å². The zero-order valence-electron chi connectivity index (χ0n) is 7.97. The molecule has 11 heavy (non-hydrogen) atoms. The monoisotopic (exact) mass is 154 g/mol. The third-order valence-electron chi connectivity index (χ3n) is 2.33. The van der Waals surface area contributed by atoms with Crippen LogP contribution in [-0.2, 0) is 4.74 Å². The second-order valence-corrected chi connectivity index (χ2v) is 4.27. The maximum Gasteiger partial charge on any atom is 0.108 e. The minimum Gasteiger partial charge on any atom is -0.379 e. The molecule has 2 unspecified atom stereocenters. The van der Waals surface area contributed by atoms with E-state index >= 15 is 0 Å². The first-order valence-corrected chi connectivity index (χ1v) is 4.80. The molecule has 0 aromatic carbocycles. The van der Waals surface area contributed by atoms with Gasteiger partial charge >= 0.3 is 0 Å². The summed E-state index contributed by atoms with van der Waals surface area (Å²) >= 11 is 0. The van der Waals surface area contributed by atoms with Crippen LogP contribution in [0.3, 0.4) is 0 Å². The molecule has 1 saturated heterocycles. The molecule has 1 nitrogen and oxygen atoms in total. The Hall–Kier alpha value is 0.0249. The lowest BCUT2D eigenvalue weighted by Crippen LogP contribution is -2.24. The van der Waals surface area contributed by atoms with Crippen LogP contribution in [0.25, 0.3) is 0 Å². The van der Waals surface area contributed by atoms with Crippen LogP contribution < -0.4 is 0 Å². The minimum atomic E-state index is 0.561. The molecule has 0 aliphatic carbocycles. The highest BCUT2D eigenvalue weighted by atomic mass is 16.5. The Balaban J connectivity index is 2.17. The van der Waals surface area contributed by atoms with Gasteiger partial charge in [-0.05, 0) is 24.6 Å². The van der Waals surface area contributed by atoms with Crippen LogP contribution in [0.5, 0.6) is 0 Å². The van der Waals surface area contributed by atoms with Gasteiger partial charge in [0.15, 0.2) is 0 Å². The molecule has 0 aromatic rings. The van der Waals surface area contributed by atoms with E-state index in [9.17, 15) is 0 Å². The molecule has 0 saturated carbocycles. The molecule has 2 heteroatoms. The van der Waals surface area contributed by atoms with Crippen molar-refractivity contribution in [3.05, 3.63) is 0 Å². The average molecular weight is 154 g/mol. The molecule has 1 aliphatic heterocycles. The van der Waals surface area contributed by atoms with Crippen LogP contribution in [0.2, 0.25) is 5.82 Å². The Labute approximate surface area is 70.9 Å². The zero-order valence-corrected chi connectivity index (χ0v) is 7.97. The molecular weight excluding hydrogens is 135 g/mol. The summed E-state index contributed by atoms with van der Waals surface area (Å²) < 4.78 is 5.70. The zero-order chi connectivity index (χ0) is 8.27. The first-order valence-electron chi connectivity index (χ1n) is 4.80. The van der Waals surface area contributed by atoms with E-state index in [1.54, 1.807) is 0 Å². The maximum absolute atomic E-state index is 5.70. The molecule has 0 spiro atoms. The summed E-state index contributed by atoms with van der Waals surface area (Å²) in [5, 5.41) is 0. The second-order valence-electron chi connectivity index (χ2n) is 4.27. The Morgan fingerprint density at radius 3 is 2.64 bits per heavy atom. The van der Waals surface area contributed by atoms with Crippen molar-refractivity contribution in [3.63, 3.8) is 0 Å². The normalized spacial score (nSPS) is 32.6. The van der Waals surface area contributed by atoms with Crippen LogP contribution in [0, 0.1) is 5.92 Å². The number of rotatable bonds is 2. The Morgan fingerprint density at radius 2 is 2.18 bits per heavy atom. The largest absolute Gasteiger partial charge is 0.379 e. The van der Waals surface area contributed by atoms with E-state index in [4.69, 9.17) is 4.74 Å². The number of hydrogen-bond donors (Lipinski definition) is 0. The lowest BCUT2D eigenvalue weighted by Gasteiger charge is -2.28. The van der Waals surface area contributed by atoms with Gasteiger partial charge < -0.3 is 4.74 Å². The van der Waals surface area contributed by atoms with Crippen molar-refractivity contribution in [1.82, 2.24) is 0 Å². The first-order chi connectivity index (χ1) is 5.18. The van der Waals surface area contributed by atoms with E-state index in [2.05, 4.69) is 21.7 Å². The second kappa shape index (κ2) is 4.15. The SMILES string of the molecule is BC1CCC(CC(C)C)OC1. The van der Waals surface area contributed by atoms with Crippen LogP contribution in [0.1, 0.15) is 33.1 Å². The third-order valence-corrected chi connectivity index (χ3v) is 2.33. The predicted octanol–water partition coefficient (Wildman–Crippen LogP) is 1.63. The first kappa shape index (κ1) is 9.12. The van der Waals surface area contributed by atoms with Crippen molar-refractivity contribution in [2.75, 3.05) is 6.61 Å². The quantitative estimate of drug-likeness (QED) is 0.549. The summed E-state index contributed by atoms with van der Waals surface area (Å²) in [6.07, 6.45) is 4.44. The molecule has 0 radical (unpaired) electrons. The van der Waals surface area contributed by atoms with Crippen LogP contribution in [-0.4, -0.2) is 20.6 Å². The van der Waals surface area contributed by atoms with Gasteiger partial charge in [0.1, 0.15) is 7.85 Å². The van der Waals surface area contributed by atoms with Crippen LogP contribution in [0.4, 0.5) is 0 Å². The molecule has 1 rings (SSSR count). The molecule has 0 aromatic heterocycles. The molecule has 1 aliphatic rings. The van der Waals surface area contributed by atoms with E-state index in [-0.39, 0.29) is 0 Å². The standard InChI is InChI=1S/C9H19BO/c1-7(2)5-9-4-3-8(10)6-11-9/h7-9H,3-6,10H2,1-2H3. The summed E-state index contributed by atoms with van der Waals surface area (Å²) in [5.41, 5.74) is 0. The summed E-state index contributed by atoms with van der Waals surface area (Å²) in [6.45, 7) is 5.51. The van der Waals surface area contributed by atoms with Crippen molar-refractivity contribution >= 4 is 7.85 Å². The average Bonchev–Trinajstić information content (AvgIpc) is 1.93. The van der Waals surface area contributed by atoms with Gasteiger partial charge in [0, 0.05) is 6.61 Å². The lowest BCUT2D eigenvalue weighted by molar-refractivity contribution is 0.00484. The van der Waals surface area contributed by atoms with E-state index in [0.29, 0.717) is 6.10 Å². The summed E-state index contributed by atoms with van der Waals surface area (Å²) in [5.74, 6) is 1.58. The van der Waals surface area contributed by atoms with Gasteiger partial charge in [0.25, 0.3) is 0 Å². The number of ether oxygens (including phenoxy) is 1. The summed E-state index contributed by atoms with van der Waals surface area (Å²) in [6, 6.07) is 0. The fraction of sp³-hybridized carbons (Fsp3) is 1.00. The number of hydrogen-bond acceptors (Lipinski definition) is 1. The van der Waals surface area contributed by atoms with Gasteiger partial charge in [0.2, 0.25) is 0 Å². The van der Waals surface area contributed by atoms with Crippen molar-refractivity contribution in [2.45, 2.75) is 45.0 Å². The smallest absolute Gasteiger partial charge is 0.108 e.